The number of likely N-dealkylation sites (N-methyl/N-ethyl adjacent to an activating group) is 2. The fourth-order valence-electron chi connectivity index (χ4n) is 1.35. The summed E-state index contributed by atoms with van der Waals surface area (Å²) in [7, 11) is 2.19. The highest BCUT2D eigenvalue weighted by Crippen LogP contribution is 2.25. The second-order valence-corrected chi connectivity index (χ2v) is 3.68. The van der Waals surface area contributed by atoms with E-state index in [1.165, 1.54) is 18.4 Å². The summed E-state index contributed by atoms with van der Waals surface area (Å²) in [5, 5.41) is 3.29. The number of nitrogens with zero attached hydrogens (tertiary/aromatic N) is 1. The van der Waals surface area contributed by atoms with Crippen molar-refractivity contribution in [1.82, 2.24) is 10.2 Å². The van der Waals surface area contributed by atoms with Crippen molar-refractivity contribution in [3.8, 4) is 0 Å². The minimum Gasteiger partial charge on any atom is -0.313 e. The van der Waals surface area contributed by atoms with Crippen LogP contribution in [0.3, 0.4) is 0 Å². The fourth-order valence-corrected chi connectivity index (χ4v) is 1.35. The molecule has 12 heavy (non-hydrogen) atoms. The van der Waals surface area contributed by atoms with E-state index >= 15 is 0 Å². The Morgan fingerprint density at radius 2 is 2.25 bits per heavy atom. The summed E-state index contributed by atoms with van der Waals surface area (Å²) >= 11 is 0. The summed E-state index contributed by atoms with van der Waals surface area (Å²) in [6.45, 7) is 9.21. The van der Waals surface area contributed by atoms with Gasteiger partial charge in [0.25, 0.3) is 0 Å². The van der Waals surface area contributed by atoms with Crippen molar-refractivity contribution in [1.29, 1.82) is 0 Å². The van der Waals surface area contributed by atoms with Crippen LogP contribution in [0.25, 0.3) is 0 Å². The predicted octanol–water partition coefficient (Wildman–Crippen LogP) is 1.25. The fraction of sp³-hybridized carbons (Fsp3) is 0.800. The molecule has 70 valence electrons. The van der Waals surface area contributed by atoms with Crippen LogP contribution in [0.4, 0.5) is 0 Å². The van der Waals surface area contributed by atoms with Gasteiger partial charge in [-0.25, -0.2) is 0 Å². The third-order valence-electron chi connectivity index (χ3n) is 2.27. The molecule has 0 aliphatic heterocycles. The first-order valence-electron chi connectivity index (χ1n) is 4.81. The molecular formula is C10H20N2. The highest BCUT2D eigenvalue weighted by molar-refractivity contribution is 5.01. The molecule has 0 heterocycles. The second-order valence-electron chi connectivity index (χ2n) is 3.68. The van der Waals surface area contributed by atoms with Crippen LogP contribution in [0.2, 0.25) is 0 Å². The van der Waals surface area contributed by atoms with Crippen LogP contribution in [-0.2, 0) is 0 Å². The van der Waals surface area contributed by atoms with Gasteiger partial charge < -0.3 is 5.32 Å². The number of nitrogens with one attached hydrogen (secondary N) is 1. The van der Waals surface area contributed by atoms with Gasteiger partial charge in [0.2, 0.25) is 0 Å². The van der Waals surface area contributed by atoms with Crippen LogP contribution in [-0.4, -0.2) is 37.6 Å². The predicted molar refractivity (Wildman–Crippen MR) is 53.3 cm³/mol. The van der Waals surface area contributed by atoms with Gasteiger partial charge in [-0.05, 0) is 32.0 Å². The first kappa shape index (κ1) is 9.75. The van der Waals surface area contributed by atoms with Crippen molar-refractivity contribution in [2.75, 3.05) is 26.7 Å². The molecule has 0 aromatic rings. The second kappa shape index (κ2) is 4.63. The van der Waals surface area contributed by atoms with Crippen LogP contribution in [0.1, 0.15) is 19.8 Å². The van der Waals surface area contributed by atoms with Crippen molar-refractivity contribution in [3.63, 3.8) is 0 Å². The summed E-state index contributed by atoms with van der Waals surface area (Å²) in [5.41, 5.74) is 1.30. The minimum atomic E-state index is 0.850. The van der Waals surface area contributed by atoms with E-state index in [-0.39, 0.29) is 0 Å². The lowest BCUT2D eigenvalue weighted by Gasteiger charge is -2.17. The lowest BCUT2D eigenvalue weighted by molar-refractivity contribution is 0.349. The Bertz CT molecular complexity index is 150. The van der Waals surface area contributed by atoms with Crippen molar-refractivity contribution in [3.05, 3.63) is 12.2 Å². The van der Waals surface area contributed by atoms with Gasteiger partial charge in [0.1, 0.15) is 0 Å². The third kappa shape index (κ3) is 3.37. The molecule has 1 N–H and O–H groups in total. The van der Waals surface area contributed by atoms with E-state index < -0.39 is 0 Å². The molecule has 0 aromatic carbocycles. The van der Waals surface area contributed by atoms with E-state index in [4.69, 9.17) is 0 Å². The highest BCUT2D eigenvalue weighted by atomic mass is 15.2. The molecule has 2 heteroatoms. The molecule has 1 aliphatic rings. The van der Waals surface area contributed by atoms with E-state index in [1.54, 1.807) is 0 Å². The molecule has 0 unspecified atom stereocenters. The van der Waals surface area contributed by atoms with Gasteiger partial charge >= 0.3 is 0 Å². The average Bonchev–Trinajstić information content (AvgIpc) is 2.82. The molecule has 1 aliphatic carbocycles. The number of hydrogen-bond donors (Lipinski definition) is 1. The Labute approximate surface area is 75.6 Å². The van der Waals surface area contributed by atoms with Crippen molar-refractivity contribution >= 4 is 0 Å². The molecule has 0 aromatic heterocycles. The molecular weight excluding hydrogens is 148 g/mol. The summed E-state index contributed by atoms with van der Waals surface area (Å²) in [6.07, 6.45) is 2.76. The van der Waals surface area contributed by atoms with Crippen LogP contribution in [0.15, 0.2) is 12.2 Å². The highest BCUT2D eigenvalue weighted by Gasteiger charge is 2.25. The zero-order chi connectivity index (χ0) is 8.97. The maximum atomic E-state index is 4.04. The topological polar surface area (TPSA) is 15.3 Å². The summed E-state index contributed by atoms with van der Waals surface area (Å²) in [6, 6.07) is 0.850. The zero-order valence-corrected chi connectivity index (χ0v) is 8.27. The maximum Gasteiger partial charge on any atom is 0.0202 e. The molecule has 0 saturated heterocycles. The Hall–Kier alpha value is -0.340. The smallest absolute Gasteiger partial charge is 0.0202 e. The van der Waals surface area contributed by atoms with Gasteiger partial charge in [-0.3, -0.25) is 4.90 Å². The molecule has 1 rings (SSSR count). The molecule has 1 saturated carbocycles. The first-order valence-corrected chi connectivity index (χ1v) is 4.81. The van der Waals surface area contributed by atoms with E-state index in [0.29, 0.717) is 0 Å². The number of hydrogen-bond acceptors (Lipinski definition) is 2. The van der Waals surface area contributed by atoms with Crippen molar-refractivity contribution in [2.24, 2.45) is 0 Å². The van der Waals surface area contributed by atoms with E-state index in [0.717, 1.165) is 25.7 Å². The molecule has 2 nitrogen and oxygen atoms in total. The normalized spacial score (nSPS) is 16.9. The van der Waals surface area contributed by atoms with E-state index in [1.807, 2.05) is 0 Å². The minimum absolute atomic E-state index is 0.850. The summed E-state index contributed by atoms with van der Waals surface area (Å²) in [4.78, 5) is 2.40. The van der Waals surface area contributed by atoms with Crippen LogP contribution in [0, 0.1) is 0 Å². The molecule has 0 spiro atoms. The molecule has 0 amide bonds. The quantitative estimate of drug-likeness (QED) is 0.600. The van der Waals surface area contributed by atoms with Gasteiger partial charge in [0.05, 0.1) is 0 Å². The molecule has 0 atom stereocenters. The SMILES string of the molecule is C=C(CNCC)CN(C)C1CC1. The lowest BCUT2D eigenvalue weighted by Crippen LogP contribution is -2.27. The maximum absolute atomic E-state index is 4.04. The Morgan fingerprint density at radius 1 is 1.58 bits per heavy atom. The van der Waals surface area contributed by atoms with Gasteiger partial charge in [-0.15, -0.1) is 0 Å². The van der Waals surface area contributed by atoms with E-state index in [9.17, 15) is 0 Å². The van der Waals surface area contributed by atoms with Crippen LogP contribution in [0.5, 0.6) is 0 Å². The van der Waals surface area contributed by atoms with Crippen molar-refractivity contribution < 1.29 is 0 Å². The monoisotopic (exact) mass is 168 g/mol. The van der Waals surface area contributed by atoms with E-state index in [2.05, 4.69) is 30.8 Å². The molecule has 0 radical (unpaired) electrons. The number of rotatable bonds is 6. The average molecular weight is 168 g/mol. The summed E-state index contributed by atoms with van der Waals surface area (Å²) in [5.74, 6) is 0. The zero-order valence-electron chi connectivity index (χ0n) is 8.27. The van der Waals surface area contributed by atoms with Gasteiger partial charge in [-0.1, -0.05) is 13.5 Å². The Balaban J connectivity index is 2.07. The van der Waals surface area contributed by atoms with Crippen LogP contribution < -0.4 is 5.32 Å². The van der Waals surface area contributed by atoms with Gasteiger partial charge in [0.15, 0.2) is 0 Å². The Morgan fingerprint density at radius 3 is 2.75 bits per heavy atom. The first-order chi connectivity index (χ1) is 5.74. The standard InChI is InChI=1S/C10H20N2/c1-4-11-7-9(2)8-12(3)10-5-6-10/h10-11H,2,4-8H2,1,3H3. The Kier molecular flexibility index (Phi) is 3.76. The van der Waals surface area contributed by atoms with Crippen molar-refractivity contribution in [2.45, 2.75) is 25.8 Å². The molecule has 0 bridgehead atoms. The van der Waals surface area contributed by atoms with Crippen LogP contribution >= 0.6 is 0 Å². The largest absolute Gasteiger partial charge is 0.313 e. The van der Waals surface area contributed by atoms with Gasteiger partial charge in [-0.2, -0.15) is 0 Å². The van der Waals surface area contributed by atoms with Gasteiger partial charge in [0, 0.05) is 19.1 Å². The third-order valence-corrected chi connectivity index (χ3v) is 2.27. The summed E-state index contributed by atoms with van der Waals surface area (Å²) < 4.78 is 0. The lowest BCUT2D eigenvalue weighted by atomic mass is 10.3. The molecule has 1 fully saturated rings.